The van der Waals surface area contributed by atoms with Crippen molar-refractivity contribution in [2.45, 2.75) is 13.0 Å². The quantitative estimate of drug-likeness (QED) is 0.545. The summed E-state index contributed by atoms with van der Waals surface area (Å²) in [5, 5.41) is 8.24. The van der Waals surface area contributed by atoms with E-state index in [0.717, 1.165) is 36.1 Å². The van der Waals surface area contributed by atoms with Crippen LogP contribution in [-0.4, -0.2) is 66.0 Å². The molecule has 3 aromatic rings. The van der Waals surface area contributed by atoms with Crippen LogP contribution < -0.4 is 5.32 Å². The van der Waals surface area contributed by atoms with Gasteiger partial charge in [0.2, 0.25) is 0 Å². The molecule has 0 radical (unpaired) electrons. The van der Waals surface area contributed by atoms with Gasteiger partial charge >= 0.3 is 0 Å². The highest BCUT2D eigenvalue weighted by atomic mass is 16.5. The molecule has 0 aliphatic heterocycles. The summed E-state index contributed by atoms with van der Waals surface area (Å²) in [6, 6.07) is 12.0. The predicted octanol–water partition coefficient (Wildman–Crippen LogP) is 2.18. The molecule has 28 heavy (non-hydrogen) atoms. The zero-order chi connectivity index (χ0) is 19.8. The average Bonchev–Trinajstić information content (AvgIpc) is 3.12. The molecule has 0 saturated carbocycles. The third-order valence-electron chi connectivity index (χ3n) is 4.59. The lowest BCUT2D eigenvalue weighted by atomic mass is 10.2. The molecule has 1 N–H and O–H groups in total. The molecule has 0 spiro atoms. The van der Waals surface area contributed by atoms with E-state index in [2.05, 4.69) is 32.4 Å². The molecule has 3 rings (SSSR count). The van der Waals surface area contributed by atoms with Crippen molar-refractivity contribution in [3.8, 4) is 0 Å². The number of methoxy groups -OCH3 is 1. The van der Waals surface area contributed by atoms with Gasteiger partial charge in [-0.05, 0) is 31.6 Å². The van der Waals surface area contributed by atoms with Crippen LogP contribution in [0.4, 0.5) is 0 Å². The fourth-order valence-electron chi connectivity index (χ4n) is 2.98. The van der Waals surface area contributed by atoms with Crippen LogP contribution >= 0.6 is 0 Å². The Morgan fingerprint density at radius 1 is 1.21 bits per heavy atom. The van der Waals surface area contributed by atoms with Gasteiger partial charge in [0.25, 0.3) is 5.91 Å². The smallest absolute Gasteiger partial charge is 0.252 e. The number of pyridine rings is 1. The minimum Gasteiger partial charge on any atom is -0.383 e. The summed E-state index contributed by atoms with van der Waals surface area (Å²) in [6.07, 6.45) is 4.26. The molecule has 2 aromatic heterocycles. The molecule has 1 aromatic carbocycles. The zero-order valence-electron chi connectivity index (χ0n) is 16.5. The number of aromatic nitrogens is 3. The molecular weight excluding hydrogens is 354 g/mol. The standard InChI is InChI=1S/C21H27N5O2/c1-25(11-12-28-2)10-6-9-22-21(27)19-13-18-15-24-26(20(18)23-14-19)16-17-7-4-3-5-8-17/h3-5,7-8,13-15H,6,9-12,16H2,1-2H3,(H,22,27). The van der Waals surface area contributed by atoms with Gasteiger partial charge < -0.3 is 15.0 Å². The van der Waals surface area contributed by atoms with Crippen LogP contribution in [0, 0.1) is 0 Å². The number of benzene rings is 1. The van der Waals surface area contributed by atoms with Crippen molar-refractivity contribution in [1.29, 1.82) is 0 Å². The van der Waals surface area contributed by atoms with Crippen molar-refractivity contribution in [2.75, 3.05) is 40.4 Å². The Labute approximate surface area is 165 Å². The first-order chi connectivity index (χ1) is 13.7. The first kappa shape index (κ1) is 20.0. The predicted molar refractivity (Wildman–Crippen MR) is 109 cm³/mol. The maximum atomic E-state index is 12.4. The van der Waals surface area contributed by atoms with Gasteiger partial charge in [-0.2, -0.15) is 5.10 Å². The topological polar surface area (TPSA) is 72.3 Å². The maximum Gasteiger partial charge on any atom is 0.252 e. The lowest BCUT2D eigenvalue weighted by Crippen LogP contribution is -2.29. The molecule has 7 nitrogen and oxygen atoms in total. The van der Waals surface area contributed by atoms with Gasteiger partial charge in [0.15, 0.2) is 5.65 Å². The molecule has 0 atom stereocenters. The lowest BCUT2D eigenvalue weighted by Gasteiger charge is -2.15. The number of carbonyl (C=O) groups is 1. The van der Waals surface area contributed by atoms with E-state index in [9.17, 15) is 4.79 Å². The molecule has 0 saturated heterocycles. The monoisotopic (exact) mass is 381 g/mol. The number of hydrogen-bond acceptors (Lipinski definition) is 5. The normalized spacial score (nSPS) is 11.2. The van der Waals surface area contributed by atoms with E-state index in [1.807, 2.05) is 36.0 Å². The van der Waals surface area contributed by atoms with Crippen LogP contribution in [0.5, 0.6) is 0 Å². The van der Waals surface area contributed by atoms with Gasteiger partial charge in [0.1, 0.15) is 0 Å². The summed E-state index contributed by atoms with van der Waals surface area (Å²) in [7, 11) is 3.75. The minimum absolute atomic E-state index is 0.107. The van der Waals surface area contributed by atoms with Crippen LogP contribution in [0.2, 0.25) is 0 Å². The Balaban J connectivity index is 1.55. The molecule has 148 valence electrons. The van der Waals surface area contributed by atoms with Crippen LogP contribution in [0.1, 0.15) is 22.3 Å². The number of rotatable bonds is 10. The Hall–Kier alpha value is -2.77. The number of nitrogens with one attached hydrogen (secondary N) is 1. The highest BCUT2D eigenvalue weighted by Crippen LogP contribution is 2.14. The number of likely N-dealkylation sites (N-methyl/N-ethyl adjacent to an activating group) is 1. The summed E-state index contributed by atoms with van der Waals surface area (Å²) in [6.45, 7) is 3.79. The fraction of sp³-hybridized carbons (Fsp3) is 0.381. The highest BCUT2D eigenvalue weighted by Gasteiger charge is 2.10. The molecular formula is C21H27N5O2. The first-order valence-electron chi connectivity index (χ1n) is 9.48. The van der Waals surface area contributed by atoms with E-state index in [1.165, 1.54) is 0 Å². The van der Waals surface area contributed by atoms with Crippen molar-refractivity contribution < 1.29 is 9.53 Å². The average molecular weight is 381 g/mol. The van der Waals surface area contributed by atoms with Gasteiger partial charge in [-0.15, -0.1) is 0 Å². The van der Waals surface area contributed by atoms with E-state index >= 15 is 0 Å². The second-order valence-corrected chi connectivity index (χ2v) is 6.83. The van der Waals surface area contributed by atoms with Crippen LogP contribution in [0.15, 0.2) is 48.8 Å². The van der Waals surface area contributed by atoms with E-state index < -0.39 is 0 Å². The molecule has 0 bridgehead atoms. The second-order valence-electron chi connectivity index (χ2n) is 6.83. The fourth-order valence-corrected chi connectivity index (χ4v) is 2.98. The van der Waals surface area contributed by atoms with Crippen LogP contribution in [0.25, 0.3) is 11.0 Å². The van der Waals surface area contributed by atoms with Crippen molar-refractivity contribution in [1.82, 2.24) is 25.0 Å². The zero-order valence-corrected chi connectivity index (χ0v) is 16.5. The number of amides is 1. The number of fused-ring (bicyclic) bond motifs is 1. The van der Waals surface area contributed by atoms with E-state index in [0.29, 0.717) is 25.3 Å². The maximum absolute atomic E-state index is 12.4. The Morgan fingerprint density at radius 3 is 2.82 bits per heavy atom. The van der Waals surface area contributed by atoms with Crippen LogP contribution in [0.3, 0.4) is 0 Å². The van der Waals surface area contributed by atoms with Crippen molar-refractivity contribution >= 4 is 16.9 Å². The number of hydrogen-bond donors (Lipinski definition) is 1. The molecule has 0 fully saturated rings. The molecule has 7 heteroatoms. The third kappa shape index (κ3) is 5.37. The Morgan fingerprint density at radius 2 is 2.04 bits per heavy atom. The van der Waals surface area contributed by atoms with E-state index in [4.69, 9.17) is 4.74 Å². The summed E-state index contributed by atoms with van der Waals surface area (Å²) in [5.41, 5.74) is 2.49. The summed E-state index contributed by atoms with van der Waals surface area (Å²) < 4.78 is 6.91. The molecule has 0 aliphatic carbocycles. The third-order valence-corrected chi connectivity index (χ3v) is 4.59. The van der Waals surface area contributed by atoms with Gasteiger partial charge in [0, 0.05) is 31.8 Å². The Kier molecular flexibility index (Phi) is 7.11. The van der Waals surface area contributed by atoms with Crippen LogP contribution in [-0.2, 0) is 11.3 Å². The SMILES string of the molecule is COCCN(C)CCCNC(=O)c1cnc2c(cnn2Cc2ccccc2)c1. The minimum atomic E-state index is -0.107. The summed E-state index contributed by atoms with van der Waals surface area (Å²) in [4.78, 5) is 19.0. The second kappa shape index (κ2) is 9.96. The summed E-state index contributed by atoms with van der Waals surface area (Å²) in [5.74, 6) is -0.107. The van der Waals surface area contributed by atoms with Gasteiger partial charge in [0.05, 0.1) is 24.9 Å². The largest absolute Gasteiger partial charge is 0.383 e. The first-order valence-corrected chi connectivity index (χ1v) is 9.48. The molecule has 0 aliphatic rings. The number of nitrogens with zero attached hydrogens (tertiary/aromatic N) is 4. The number of carbonyl (C=O) groups excluding carboxylic acids is 1. The highest BCUT2D eigenvalue weighted by molar-refractivity contribution is 5.96. The Bertz CT molecular complexity index is 894. The molecule has 0 unspecified atom stereocenters. The molecule has 2 heterocycles. The lowest BCUT2D eigenvalue weighted by molar-refractivity contribution is 0.0951. The van der Waals surface area contributed by atoms with Gasteiger partial charge in [-0.25, -0.2) is 9.67 Å². The van der Waals surface area contributed by atoms with E-state index in [1.54, 1.807) is 19.5 Å². The van der Waals surface area contributed by atoms with E-state index in [-0.39, 0.29) is 5.91 Å². The van der Waals surface area contributed by atoms with Crippen molar-refractivity contribution in [2.24, 2.45) is 0 Å². The van der Waals surface area contributed by atoms with Gasteiger partial charge in [-0.1, -0.05) is 30.3 Å². The summed E-state index contributed by atoms with van der Waals surface area (Å²) >= 11 is 0. The molecule has 1 amide bonds. The number of ether oxygens (including phenoxy) is 1. The van der Waals surface area contributed by atoms with Gasteiger partial charge in [-0.3, -0.25) is 4.79 Å². The van der Waals surface area contributed by atoms with Crippen molar-refractivity contribution in [3.05, 3.63) is 59.9 Å². The van der Waals surface area contributed by atoms with Crippen molar-refractivity contribution in [3.63, 3.8) is 0 Å².